The Balaban J connectivity index is 0.00000386. The molecule has 0 saturated carbocycles. The second-order valence-electron chi connectivity index (χ2n) is 10.9. The van der Waals surface area contributed by atoms with Gasteiger partial charge in [-0.15, -0.1) is 17.0 Å². The molecular weight excluding hydrogens is 656 g/mol. The topological polar surface area (TPSA) is 106 Å². The van der Waals surface area contributed by atoms with E-state index in [0.717, 1.165) is 45.9 Å². The summed E-state index contributed by atoms with van der Waals surface area (Å²) in [6, 6.07) is 40.2. The van der Waals surface area contributed by atoms with Gasteiger partial charge in [-0.2, -0.15) is 5.10 Å². The lowest BCUT2D eigenvalue weighted by molar-refractivity contribution is 0.261. The second kappa shape index (κ2) is 15.3. The van der Waals surface area contributed by atoms with Gasteiger partial charge in [-0.1, -0.05) is 78.9 Å². The predicted octanol–water partition coefficient (Wildman–Crippen LogP) is 7.67. The molecule has 1 aliphatic rings. The van der Waals surface area contributed by atoms with Crippen LogP contribution in [0.3, 0.4) is 0 Å². The summed E-state index contributed by atoms with van der Waals surface area (Å²) in [7, 11) is 0. The molecule has 0 saturated heterocycles. The van der Waals surface area contributed by atoms with Crippen LogP contribution in [0.25, 0.3) is 10.8 Å². The highest BCUT2D eigenvalue weighted by Crippen LogP contribution is 2.31. The number of benzene rings is 5. The van der Waals surface area contributed by atoms with Gasteiger partial charge in [0.2, 0.25) is 0 Å². The number of aliphatic imine (C=N–C) groups is 1. The van der Waals surface area contributed by atoms with E-state index in [1.165, 1.54) is 5.39 Å². The maximum absolute atomic E-state index is 6.23. The van der Waals surface area contributed by atoms with Crippen LogP contribution in [0.5, 0.6) is 23.0 Å². The molecule has 3 N–H and O–H groups in total. The van der Waals surface area contributed by atoms with Crippen LogP contribution in [0.15, 0.2) is 126 Å². The van der Waals surface area contributed by atoms with Crippen molar-refractivity contribution in [3.05, 3.63) is 144 Å². The van der Waals surface area contributed by atoms with Crippen LogP contribution in [-0.4, -0.2) is 27.7 Å². The van der Waals surface area contributed by atoms with Gasteiger partial charge in [0, 0.05) is 12.0 Å². The van der Waals surface area contributed by atoms with Gasteiger partial charge in [-0.05, 0) is 58.8 Å². The van der Waals surface area contributed by atoms with E-state index in [1.54, 1.807) is 0 Å². The van der Waals surface area contributed by atoms with E-state index in [4.69, 9.17) is 19.2 Å². The Morgan fingerprint density at radius 2 is 1.62 bits per heavy atom. The lowest BCUT2D eigenvalue weighted by Gasteiger charge is -2.28. The van der Waals surface area contributed by atoms with Crippen molar-refractivity contribution in [1.82, 2.24) is 25.8 Å². The smallest absolute Gasteiger partial charge is 0.192 e. The van der Waals surface area contributed by atoms with Crippen molar-refractivity contribution in [2.75, 3.05) is 6.61 Å². The van der Waals surface area contributed by atoms with Crippen molar-refractivity contribution in [3.63, 3.8) is 0 Å². The zero-order valence-electron chi connectivity index (χ0n) is 25.6. The number of fused-ring (bicyclic) bond motifs is 2. The number of halogens is 1. The summed E-state index contributed by atoms with van der Waals surface area (Å²) in [5.74, 6) is 5.13. The van der Waals surface area contributed by atoms with E-state index < -0.39 is 0 Å². The number of rotatable bonds is 10. The molecule has 238 valence electrons. The fourth-order valence-corrected chi connectivity index (χ4v) is 5.36. The number of hydrogen-bond donors (Lipinski definition) is 3. The average molecular weight is 692 g/mol. The molecule has 2 heterocycles. The molecule has 7 rings (SSSR count). The molecule has 5 aromatic carbocycles. The van der Waals surface area contributed by atoms with Crippen molar-refractivity contribution < 1.29 is 14.2 Å². The second-order valence-corrected chi connectivity index (χ2v) is 10.9. The third-order valence-corrected chi connectivity index (χ3v) is 7.66. The fraction of sp³-hybridized carbons (Fsp3) is 0.162. The summed E-state index contributed by atoms with van der Waals surface area (Å²) >= 11 is 0. The summed E-state index contributed by atoms with van der Waals surface area (Å²) in [6.45, 7) is 1.75. The Bertz CT molecular complexity index is 1950. The fourth-order valence-electron chi connectivity index (χ4n) is 5.36. The highest BCUT2D eigenvalue weighted by atomic mass is 79.9. The van der Waals surface area contributed by atoms with Gasteiger partial charge in [0.1, 0.15) is 29.6 Å². The van der Waals surface area contributed by atoms with E-state index in [1.807, 2.05) is 91.0 Å². The first kappa shape index (κ1) is 31.6. The summed E-state index contributed by atoms with van der Waals surface area (Å²) in [4.78, 5) is 9.55. The van der Waals surface area contributed by atoms with Gasteiger partial charge in [-0.25, -0.2) is 9.98 Å². The lowest BCUT2D eigenvalue weighted by atomic mass is 10.0. The zero-order valence-corrected chi connectivity index (χ0v) is 27.3. The van der Waals surface area contributed by atoms with Crippen molar-refractivity contribution >= 4 is 33.7 Å². The molecule has 1 aromatic heterocycles. The SMILES string of the molecule is Br.c1ccc(OCc2nc(CNC(=NCc3cccc(Oc4ccc5ccccc5c4)c3)NC3CCOc4ccccc43)n[nH]2)cc1. The molecule has 1 atom stereocenters. The molecule has 0 bridgehead atoms. The van der Waals surface area contributed by atoms with Crippen LogP contribution < -0.4 is 24.8 Å². The number of ether oxygens (including phenoxy) is 3. The Hall–Kier alpha value is -5.35. The summed E-state index contributed by atoms with van der Waals surface area (Å²) in [5, 5.41) is 16.7. The molecule has 0 spiro atoms. The van der Waals surface area contributed by atoms with Gasteiger partial charge in [0.15, 0.2) is 17.6 Å². The maximum Gasteiger partial charge on any atom is 0.192 e. The van der Waals surface area contributed by atoms with Gasteiger partial charge in [0.25, 0.3) is 0 Å². The summed E-state index contributed by atoms with van der Waals surface area (Å²) < 4.78 is 17.9. The van der Waals surface area contributed by atoms with Crippen molar-refractivity contribution in [1.29, 1.82) is 0 Å². The molecule has 9 nitrogen and oxygen atoms in total. The number of para-hydroxylation sites is 2. The third-order valence-electron chi connectivity index (χ3n) is 7.66. The van der Waals surface area contributed by atoms with Gasteiger partial charge in [0.05, 0.1) is 25.7 Å². The van der Waals surface area contributed by atoms with Gasteiger partial charge in [-0.3, -0.25) is 5.10 Å². The molecule has 0 fully saturated rings. The summed E-state index contributed by atoms with van der Waals surface area (Å²) in [6.07, 6.45) is 0.814. The maximum atomic E-state index is 6.23. The summed E-state index contributed by atoms with van der Waals surface area (Å²) in [5.41, 5.74) is 2.12. The van der Waals surface area contributed by atoms with E-state index in [0.29, 0.717) is 43.9 Å². The molecule has 0 radical (unpaired) electrons. The number of nitrogens with zero attached hydrogens (tertiary/aromatic N) is 3. The van der Waals surface area contributed by atoms with E-state index in [2.05, 4.69) is 56.1 Å². The first-order chi connectivity index (χ1) is 22.7. The Morgan fingerprint density at radius 3 is 2.53 bits per heavy atom. The molecule has 0 amide bonds. The molecule has 1 unspecified atom stereocenters. The molecule has 6 aromatic rings. The average Bonchev–Trinajstić information content (AvgIpc) is 3.57. The minimum Gasteiger partial charge on any atom is -0.493 e. The van der Waals surface area contributed by atoms with Gasteiger partial charge < -0.3 is 24.8 Å². The monoisotopic (exact) mass is 690 g/mol. The highest BCUT2D eigenvalue weighted by Gasteiger charge is 2.22. The molecule has 1 aliphatic heterocycles. The molecular formula is C37H35BrN6O3. The van der Waals surface area contributed by atoms with Crippen LogP contribution >= 0.6 is 17.0 Å². The predicted molar refractivity (Wildman–Crippen MR) is 188 cm³/mol. The van der Waals surface area contributed by atoms with Crippen molar-refractivity contribution in [3.8, 4) is 23.0 Å². The Labute approximate surface area is 283 Å². The minimum absolute atomic E-state index is 0. The number of hydrogen-bond acceptors (Lipinski definition) is 6. The first-order valence-corrected chi connectivity index (χ1v) is 15.4. The minimum atomic E-state index is 0. The van der Waals surface area contributed by atoms with Crippen molar-refractivity contribution in [2.45, 2.75) is 32.2 Å². The van der Waals surface area contributed by atoms with Gasteiger partial charge >= 0.3 is 0 Å². The lowest BCUT2D eigenvalue weighted by Crippen LogP contribution is -2.41. The van der Waals surface area contributed by atoms with Crippen LogP contribution in [0.2, 0.25) is 0 Å². The number of aromatic nitrogens is 3. The molecule has 10 heteroatoms. The molecule has 47 heavy (non-hydrogen) atoms. The Morgan fingerprint density at radius 1 is 0.830 bits per heavy atom. The number of H-pyrrole nitrogens is 1. The van der Waals surface area contributed by atoms with E-state index in [-0.39, 0.29) is 23.0 Å². The number of aromatic amines is 1. The molecule has 0 aliphatic carbocycles. The van der Waals surface area contributed by atoms with E-state index in [9.17, 15) is 0 Å². The van der Waals surface area contributed by atoms with E-state index >= 15 is 0 Å². The standard InChI is InChI=1S/C37H34N6O3.BrH/c1-2-12-29(13-3-1)45-25-36-41-35(42-43-36)24-39-37(40-33-19-20-44-34-16-7-6-15-32(33)34)38-23-26-9-8-14-30(21-26)46-31-18-17-27-10-4-5-11-28(27)22-31;/h1-18,21-22,33H,19-20,23-25H2,(H2,38,39,40)(H,41,42,43);1H. The van der Waals surface area contributed by atoms with Crippen LogP contribution in [0, 0.1) is 0 Å². The number of nitrogens with one attached hydrogen (secondary N) is 3. The third kappa shape index (κ3) is 8.28. The first-order valence-electron chi connectivity index (χ1n) is 15.4. The van der Waals surface area contributed by atoms with Crippen LogP contribution in [0.1, 0.15) is 35.2 Å². The normalized spacial score (nSPS) is 14.0. The van der Waals surface area contributed by atoms with Crippen LogP contribution in [0.4, 0.5) is 0 Å². The Kier molecular flexibility index (Phi) is 10.3. The zero-order chi connectivity index (χ0) is 31.0. The number of guanidine groups is 1. The highest BCUT2D eigenvalue weighted by molar-refractivity contribution is 8.93. The quantitative estimate of drug-likeness (QED) is 0.100. The van der Waals surface area contributed by atoms with Crippen molar-refractivity contribution in [2.24, 2.45) is 4.99 Å². The largest absolute Gasteiger partial charge is 0.493 e. The van der Waals surface area contributed by atoms with Crippen LogP contribution in [-0.2, 0) is 19.7 Å².